The molecule has 2 aromatic carbocycles. The van der Waals surface area contributed by atoms with Gasteiger partial charge in [0.1, 0.15) is 0 Å². The highest BCUT2D eigenvalue weighted by molar-refractivity contribution is 7.92. The number of aliphatic hydroxyl groups is 1. The molecule has 3 N–H and O–H groups in total. The van der Waals surface area contributed by atoms with Crippen molar-refractivity contribution in [1.82, 2.24) is 30.8 Å². The molecule has 1 aromatic heterocycles. The van der Waals surface area contributed by atoms with E-state index in [2.05, 4.69) is 30.8 Å². The lowest BCUT2D eigenvalue weighted by Gasteiger charge is -2.31. The fourth-order valence-corrected chi connectivity index (χ4v) is 6.51. The molecule has 1 unspecified atom stereocenters. The van der Waals surface area contributed by atoms with Crippen LogP contribution in [0.2, 0.25) is 0 Å². The van der Waals surface area contributed by atoms with Gasteiger partial charge < -0.3 is 15.3 Å². The van der Waals surface area contributed by atoms with Crippen molar-refractivity contribution in [2.24, 2.45) is 0 Å². The van der Waals surface area contributed by atoms with Crippen LogP contribution in [0.1, 0.15) is 34.9 Å². The first-order valence-corrected chi connectivity index (χ1v) is 13.4. The smallest absolute Gasteiger partial charge is 0.239 e. The van der Waals surface area contributed by atoms with Crippen LogP contribution >= 0.6 is 0 Å². The largest absolute Gasteiger partial charge is 0.392 e. The first-order valence-electron chi connectivity index (χ1n) is 11.8. The Kier molecular flexibility index (Phi) is 6.49. The van der Waals surface area contributed by atoms with E-state index in [9.17, 15) is 18.3 Å². The maximum atomic E-state index is 13.4. The van der Waals surface area contributed by atoms with E-state index in [0.717, 1.165) is 28.8 Å². The minimum atomic E-state index is -3.41. The number of fused-ring (bicyclic) bond motifs is 1. The molecular formula is C24H29N7O4S. The number of hydrogen-bond donors (Lipinski definition) is 3. The number of aromatic nitrogens is 4. The van der Waals surface area contributed by atoms with Crippen LogP contribution in [0.15, 0.2) is 42.5 Å². The number of H-pyrrole nitrogens is 1. The molecule has 3 heterocycles. The zero-order chi connectivity index (χ0) is 25.4. The van der Waals surface area contributed by atoms with E-state index in [1.54, 1.807) is 13.1 Å². The van der Waals surface area contributed by atoms with E-state index in [1.807, 2.05) is 36.4 Å². The van der Waals surface area contributed by atoms with Gasteiger partial charge in [0.15, 0.2) is 0 Å². The van der Waals surface area contributed by atoms with Crippen molar-refractivity contribution in [1.29, 1.82) is 0 Å². The summed E-state index contributed by atoms with van der Waals surface area (Å²) >= 11 is 0. The maximum Gasteiger partial charge on any atom is 0.239 e. The quantitative estimate of drug-likeness (QED) is 0.423. The monoisotopic (exact) mass is 511 g/mol. The first-order chi connectivity index (χ1) is 17.3. The van der Waals surface area contributed by atoms with Crippen molar-refractivity contribution in [3.8, 4) is 11.4 Å². The number of amides is 1. The third-order valence-corrected chi connectivity index (χ3v) is 8.82. The Hall–Kier alpha value is -3.35. The maximum absolute atomic E-state index is 13.4. The molecule has 1 fully saturated rings. The van der Waals surface area contributed by atoms with Crippen molar-refractivity contribution in [2.45, 2.75) is 30.1 Å². The number of likely N-dealkylation sites (N-methyl/N-ethyl adjacent to an activating group) is 1. The SMILES string of the molecule is CNC(=O)[C@H](c1ccc2c(c1)N(C)S(=O)(=O)C2)C(CN1CC[C@H](O)C1)c1cccc(-c2nn[nH]n2)c1. The number of carbonyl (C=O) groups excluding carboxylic acids is 1. The van der Waals surface area contributed by atoms with Gasteiger partial charge in [-0.1, -0.05) is 30.3 Å². The predicted octanol–water partition coefficient (Wildman–Crippen LogP) is 0.826. The molecule has 5 rings (SSSR count). The van der Waals surface area contributed by atoms with Gasteiger partial charge in [0.25, 0.3) is 0 Å². The van der Waals surface area contributed by atoms with Crippen LogP contribution in [0.3, 0.4) is 0 Å². The number of sulfonamides is 1. The number of benzene rings is 2. The van der Waals surface area contributed by atoms with E-state index >= 15 is 0 Å². The zero-order valence-corrected chi connectivity index (χ0v) is 20.9. The van der Waals surface area contributed by atoms with Crippen molar-refractivity contribution in [3.05, 3.63) is 59.2 Å². The van der Waals surface area contributed by atoms with Gasteiger partial charge in [-0.2, -0.15) is 5.21 Å². The molecular weight excluding hydrogens is 482 g/mol. The van der Waals surface area contributed by atoms with Gasteiger partial charge in [0.05, 0.1) is 23.5 Å². The molecule has 0 aliphatic carbocycles. The molecule has 0 radical (unpaired) electrons. The van der Waals surface area contributed by atoms with Gasteiger partial charge in [-0.25, -0.2) is 8.42 Å². The summed E-state index contributed by atoms with van der Waals surface area (Å²) in [6.45, 7) is 1.80. The molecule has 190 valence electrons. The summed E-state index contributed by atoms with van der Waals surface area (Å²) in [6, 6.07) is 13.2. The summed E-state index contributed by atoms with van der Waals surface area (Å²) in [7, 11) is -0.264. The first kappa shape index (κ1) is 24.3. The summed E-state index contributed by atoms with van der Waals surface area (Å²) in [5.74, 6) is -0.661. The van der Waals surface area contributed by atoms with Crippen molar-refractivity contribution < 1.29 is 18.3 Å². The number of nitrogens with one attached hydrogen (secondary N) is 2. The number of hydrogen-bond acceptors (Lipinski definition) is 8. The van der Waals surface area contributed by atoms with Crippen LogP contribution in [0.25, 0.3) is 11.4 Å². The number of β-amino-alcohol motifs (C(OH)–C–C–N with tert-alkyl or cyclic N) is 1. The number of likely N-dealkylation sites (tertiary alicyclic amines) is 1. The Morgan fingerprint density at radius 3 is 2.78 bits per heavy atom. The molecule has 2 aliphatic heterocycles. The number of aromatic amines is 1. The highest BCUT2D eigenvalue weighted by Crippen LogP contribution is 2.40. The fourth-order valence-electron chi connectivity index (χ4n) is 5.21. The summed E-state index contributed by atoms with van der Waals surface area (Å²) in [6.07, 6.45) is 0.288. The van der Waals surface area contributed by atoms with Gasteiger partial charge in [-0.3, -0.25) is 9.10 Å². The lowest BCUT2D eigenvalue weighted by atomic mass is 9.79. The van der Waals surface area contributed by atoms with Gasteiger partial charge in [-0.05, 0) is 40.5 Å². The van der Waals surface area contributed by atoms with Crippen LogP contribution in [0.4, 0.5) is 5.69 Å². The van der Waals surface area contributed by atoms with Crippen LogP contribution in [0, 0.1) is 0 Å². The molecule has 1 saturated heterocycles. The van der Waals surface area contributed by atoms with Crippen LogP contribution < -0.4 is 9.62 Å². The normalized spacial score (nSPS) is 20.8. The van der Waals surface area contributed by atoms with Gasteiger partial charge in [-0.15, -0.1) is 10.2 Å². The molecule has 0 bridgehead atoms. The molecule has 2 aliphatic rings. The third kappa shape index (κ3) is 4.59. The molecule has 3 atom stereocenters. The fraction of sp³-hybridized carbons (Fsp3) is 0.417. The second kappa shape index (κ2) is 9.60. The highest BCUT2D eigenvalue weighted by atomic mass is 32.2. The molecule has 11 nitrogen and oxygen atoms in total. The molecule has 0 spiro atoms. The summed E-state index contributed by atoms with van der Waals surface area (Å²) in [5.41, 5.74) is 3.72. The Morgan fingerprint density at radius 1 is 1.25 bits per heavy atom. The average molecular weight is 512 g/mol. The molecule has 0 saturated carbocycles. The summed E-state index contributed by atoms with van der Waals surface area (Å²) in [5, 5.41) is 27.2. The average Bonchev–Trinajstić information content (AvgIpc) is 3.60. The summed E-state index contributed by atoms with van der Waals surface area (Å²) in [4.78, 5) is 15.6. The number of anilines is 1. The second-order valence-electron chi connectivity index (χ2n) is 9.37. The molecule has 3 aromatic rings. The lowest BCUT2D eigenvalue weighted by Crippen LogP contribution is -2.36. The Balaban J connectivity index is 1.60. The van der Waals surface area contributed by atoms with Crippen molar-refractivity contribution in [3.63, 3.8) is 0 Å². The predicted molar refractivity (Wildman–Crippen MR) is 134 cm³/mol. The topological polar surface area (TPSA) is 144 Å². The van der Waals surface area contributed by atoms with Crippen LogP contribution in [0.5, 0.6) is 0 Å². The second-order valence-corrected chi connectivity index (χ2v) is 11.4. The number of rotatable bonds is 7. The van der Waals surface area contributed by atoms with E-state index < -0.39 is 22.0 Å². The third-order valence-electron chi connectivity index (χ3n) is 7.11. The number of nitrogens with zero attached hydrogens (tertiary/aromatic N) is 5. The molecule has 1 amide bonds. The highest BCUT2D eigenvalue weighted by Gasteiger charge is 2.36. The van der Waals surface area contributed by atoms with Crippen LogP contribution in [-0.2, 0) is 20.6 Å². The van der Waals surface area contributed by atoms with E-state index in [4.69, 9.17) is 0 Å². The number of tetrazole rings is 1. The van der Waals surface area contributed by atoms with E-state index in [0.29, 0.717) is 31.0 Å². The van der Waals surface area contributed by atoms with E-state index in [-0.39, 0.29) is 17.6 Å². The van der Waals surface area contributed by atoms with E-state index in [1.165, 1.54) is 11.4 Å². The zero-order valence-electron chi connectivity index (χ0n) is 20.1. The minimum absolute atomic E-state index is 0.0500. The Labute approximate surface area is 209 Å². The molecule has 12 heteroatoms. The van der Waals surface area contributed by atoms with Gasteiger partial charge in [0.2, 0.25) is 21.8 Å². The lowest BCUT2D eigenvalue weighted by molar-refractivity contribution is -0.122. The van der Waals surface area contributed by atoms with Crippen molar-refractivity contribution in [2.75, 3.05) is 38.0 Å². The standard InChI is InChI=1S/C24H29N7O4S/c1-25-24(33)22(16-6-7-18-14-36(34,35)30(2)21(18)11-16)20(13-31-9-8-19(32)12-31)15-4-3-5-17(10-15)23-26-28-29-27-23/h3-7,10-11,19-20,22,32H,8-9,12-14H2,1-2H3,(H,25,33)(H,26,27,28,29)/t19-,20?,22+/m0/s1. The van der Waals surface area contributed by atoms with Gasteiger partial charge in [0, 0.05) is 45.2 Å². The van der Waals surface area contributed by atoms with Crippen molar-refractivity contribution >= 4 is 21.6 Å². The Morgan fingerprint density at radius 2 is 2.08 bits per heavy atom. The van der Waals surface area contributed by atoms with Crippen LogP contribution in [-0.4, -0.2) is 84.8 Å². The minimum Gasteiger partial charge on any atom is -0.392 e. The number of aliphatic hydroxyl groups excluding tert-OH is 1. The van der Waals surface area contributed by atoms with Gasteiger partial charge >= 0.3 is 0 Å². The molecule has 36 heavy (non-hydrogen) atoms. The summed E-state index contributed by atoms with van der Waals surface area (Å²) < 4.78 is 26.2. The Bertz CT molecular complexity index is 1360. The number of carbonyl (C=O) groups is 1.